The van der Waals surface area contributed by atoms with E-state index in [1.54, 1.807) is 24.3 Å². The van der Waals surface area contributed by atoms with Gasteiger partial charge in [0.05, 0.1) is 15.7 Å². The molecule has 0 saturated heterocycles. The molecule has 1 aromatic carbocycles. The Bertz CT molecular complexity index is 558. The smallest absolute Gasteiger partial charge is 0.137 e. The van der Waals surface area contributed by atoms with Gasteiger partial charge in [0.25, 0.3) is 0 Å². The SMILES string of the molecule is N#Cc1ccc(-c2ccc(F)c(Br)c2)nc1. The highest BCUT2D eigenvalue weighted by molar-refractivity contribution is 9.10. The van der Waals surface area contributed by atoms with E-state index in [2.05, 4.69) is 20.9 Å². The van der Waals surface area contributed by atoms with Crippen LogP contribution in [-0.4, -0.2) is 4.98 Å². The van der Waals surface area contributed by atoms with Crippen molar-refractivity contribution in [3.63, 3.8) is 0 Å². The molecule has 16 heavy (non-hydrogen) atoms. The molecule has 4 heteroatoms. The number of rotatable bonds is 1. The van der Waals surface area contributed by atoms with Crippen molar-refractivity contribution in [2.24, 2.45) is 0 Å². The maximum absolute atomic E-state index is 13.0. The minimum absolute atomic E-state index is 0.308. The zero-order chi connectivity index (χ0) is 11.5. The number of aromatic nitrogens is 1. The summed E-state index contributed by atoms with van der Waals surface area (Å²) in [5.74, 6) is -0.308. The predicted molar refractivity (Wildman–Crippen MR) is 62.0 cm³/mol. The van der Waals surface area contributed by atoms with Crippen LogP contribution in [0.5, 0.6) is 0 Å². The number of benzene rings is 1. The lowest BCUT2D eigenvalue weighted by atomic mass is 10.1. The Morgan fingerprint density at radius 1 is 1.25 bits per heavy atom. The Labute approximate surface area is 100 Å². The highest BCUT2D eigenvalue weighted by Crippen LogP contribution is 2.23. The van der Waals surface area contributed by atoms with E-state index in [1.807, 2.05) is 6.07 Å². The van der Waals surface area contributed by atoms with Gasteiger partial charge in [-0.25, -0.2) is 4.39 Å². The van der Waals surface area contributed by atoms with Crippen molar-refractivity contribution in [3.05, 3.63) is 52.4 Å². The normalized spacial score (nSPS) is 9.81. The summed E-state index contributed by atoms with van der Waals surface area (Å²) < 4.78 is 13.4. The zero-order valence-electron chi connectivity index (χ0n) is 8.11. The summed E-state index contributed by atoms with van der Waals surface area (Å²) in [6, 6.07) is 10.1. The topological polar surface area (TPSA) is 36.7 Å². The van der Waals surface area contributed by atoms with Crippen LogP contribution in [0.15, 0.2) is 41.0 Å². The third kappa shape index (κ3) is 2.10. The van der Waals surface area contributed by atoms with Crippen molar-refractivity contribution in [1.29, 1.82) is 5.26 Å². The van der Waals surface area contributed by atoms with Crippen LogP contribution in [0.4, 0.5) is 4.39 Å². The molecule has 0 aliphatic heterocycles. The summed E-state index contributed by atoms with van der Waals surface area (Å²) >= 11 is 3.12. The lowest BCUT2D eigenvalue weighted by molar-refractivity contribution is 0.621. The molecule has 0 saturated carbocycles. The molecule has 2 nitrogen and oxygen atoms in total. The number of hydrogen-bond acceptors (Lipinski definition) is 2. The first-order valence-corrected chi connectivity index (χ1v) is 5.31. The summed E-state index contributed by atoms with van der Waals surface area (Å²) in [6.45, 7) is 0. The van der Waals surface area contributed by atoms with Crippen molar-refractivity contribution in [2.75, 3.05) is 0 Å². The predicted octanol–water partition coefficient (Wildman–Crippen LogP) is 3.52. The third-order valence-corrected chi connectivity index (χ3v) is 2.72. The third-order valence-electron chi connectivity index (χ3n) is 2.11. The number of halogens is 2. The van der Waals surface area contributed by atoms with Crippen molar-refractivity contribution >= 4 is 15.9 Å². The van der Waals surface area contributed by atoms with E-state index in [-0.39, 0.29) is 5.82 Å². The van der Waals surface area contributed by atoms with Gasteiger partial charge in [0, 0.05) is 11.8 Å². The van der Waals surface area contributed by atoms with Crippen LogP contribution in [0.25, 0.3) is 11.3 Å². The Balaban J connectivity index is 2.43. The molecule has 2 aromatic rings. The first-order valence-electron chi connectivity index (χ1n) is 4.52. The number of pyridine rings is 1. The standard InChI is InChI=1S/C12H6BrFN2/c13-10-5-9(2-3-11(10)14)12-4-1-8(6-15)7-16-12/h1-5,7H. The van der Waals surface area contributed by atoms with Crippen molar-refractivity contribution in [1.82, 2.24) is 4.98 Å². The van der Waals surface area contributed by atoms with Crippen LogP contribution < -0.4 is 0 Å². The Morgan fingerprint density at radius 3 is 2.62 bits per heavy atom. The van der Waals surface area contributed by atoms with Gasteiger partial charge in [0.1, 0.15) is 11.9 Å². The monoisotopic (exact) mass is 276 g/mol. The van der Waals surface area contributed by atoms with Crippen molar-refractivity contribution in [3.8, 4) is 17.3 Å². The van der Waals surface area contributed by atoms with Crippen LogP contribution >= 0.6 is 15.9 Å². The fourth-order valence-corrected chi connectivity index (χ4v) is 1.67. The van der Waals surface area contributed by atoms with E-state index in [0.717, 1.165) is 5.56 Å². The molecule has 0 bridgehead atoms. The highest BCUT2D eigenvalue weighted by atomic mass is 79.9. The Hall–Kier alpha value is -1.73. The van der Waals surface area contributed by atoms with E-state index in [0.29, 0.717) is 15.7 Å². The average Bonchev–Trinajstić information content (AvgIpc) is 2.33. The summed E-state index contributed by atoms with van der Waals surface area (Å²) in [6.07, 6.45) is 1.49. The molecule has 0 spiro atoms. The quantitative estimate of drug-likeness (QED) is 0.799. The van der Waals surface area contributed by atoms with Gasteiger partial charge in [0.2, 0.25) is 0 Å². The van der Waals surface area contributed by atoms with Crippen LogP contribution in [0, 0.1) is 17.1 Å². The van der Waals surface area contributed by atoms with E-state index in [1.165, 1.54) is 12.3 Å². The lowest BCUT2D eigenvalue weighted by Crippen LogP contribution is -1.86. The van der Waals surface area contributed by atoms with Gasteiger partial charge in [-0.2, -0.15) is 5.26 Å². The van der Waals surface area contributed by atoms with E-state index < -0.39 is 0 Å². The highest BCUT2D eigenvalue weighted by Gasteiger charge is 2.03. The number of nitrogens with zero attached hydrogens (tertiary/aromatic N) is 2. The summed E-state index contributed by atoms with van der Waals surface area (Å²) in [4.78, 5) is 4.12. The fourth-order valence-electron chi connectivity index (χ4n) is 1.29. The molecule has 0 fully saturated rings. The van der Waals surface area contributed by atoms with Gasteiger partial charge in [-0.15, -0.1) is 0 Å². The minimum Gasteiger partial charge on any atom is -0.255 e. The first kappa shape index (κ1) is 10.8. The molecule has 78 valence electrons. The minimum atomic E-state index is -0.308. The summed E-state index contributed by atoms with van der Waals surface area (Å²) in [7, 11) is 0. The van der Waals surface area contributed by atoms with Crippen LogP contribution in [0.1, 0.15) is 5.56 Å². The summed E-state index contributed by atoms with van der Waals surface area (Å²) in [5, 5.41) is 8.63. The van der Waals surface area contributed by atoms with Gasteiger partial charge in [-0.1, -0.05) is 0 Å². The molecule has 2 rings (SSSR count). The summed E-state index contributed by atoms with van der Waals surface area (Å²) in [5.41, 5.74) is 2.02. The molecule has 0 radical (unpaired) electrons. The van der Waals surface area contributed by atoms with Crippen LogP contribution in [-0.2, 0) is 0 Å². The maximum Gasteiger partial charge on any atom is 0.137 e. The van der Waals surface area contributed by atoms with E-state index >= 15 is 0 Å². The number of nitriles is 1. The van der Waals surface area contributed by atoms with E-state index in [4.69, 9.17) is 5.26 Å². The van der Waals surface area contributed by atoms with Gasteiger partial charge >= 0.3 is 0 Å². The van der Waals surface area contributed by atoms with Crippen LogP contribution in [0.3, 0.4) is 0 Å². The van der Waals surface area contributed by atoms with Gasteiger partial charge in [-0.05, 0) is 46.3 Å². The van der Waals surface area contributed by atoms with Gasteiger partial charge < -0.3 is 0 Å². The second-order valence-corrected chi connectivity index (χ2v) is 4.03. The molecule has 1 aromatic heterocycles. The van der Waals surface area contributed by atoms with Gasteiger partial charge in [-0.3, -0.25) is 4.98 Å². The maximum atomic E-state index is 13.0. The molecular weight excluding hydrogens is 271 g/mol. The largest absolute Gasteiger partial charge is 0.255 e. The lowest BCUT2D eigenvalue weighted by Gasteiger charge is -2.02. The average molecular weight is 277 g/mol. The van der Waals surface area contributed by atoms with Crippen molar-refractivity contribution in [2.45, 2.75) is 0 Å². The molecule has 0 N–H and O–H groups in total. The Morgan fingerprint density at radius 2 is 2.06 bits per heavy atom. The molecule has 0 amide bonds. The van der Waals surface area contributed by atoms with Crippen LogP contribution in [0.2, 0.25) is 0 Å². The molecule has 1 heterocycles. The number of hydrogen-bond donors (Lipinski definition) is 0. The molecule has 0 atom stereocenters. The first-order chi connectivity index (χ1) is 7.70. The van der Waals surface area contributed by atoms with Gasteiger partial charge in [0.15, 0.2) is 0 Å². The van der Waals surface area contributed by atoms with E-state index in [9.17, 15) is 4.39 Å². The second kappa shape index (κ2) is 4.42. The Kier molecular flexibility index (Phi) is 2.97. The molecule has 0 aliphatic carbocycles. The zero-order valence-corrected chi connectivity index (χ0v) is 9.70. The molecular formula is C12H6BrFN2. The fraction of sp³-hybridized carbons (Fsp3) is 0. The molecule has 0 unspecified atom stereocenters. The molecule has 0 aliphatic rings. The second-order valence-electron chi connectivity index (χ2n) is 3.17. The van der Waals surface area contributed by atoms with Crippen molar-refractivity contribution < 1.29 is 4.39 Å².